The highest BCUT2D eigenvalue weighted by Crippen LogP contribution is 2.44. The van der Waals surface area contributed by atoms with Gasteiger partial charge in [0.1, 0.15) is 18.7 Å². The maximum atomic E-state index is 14.2. The molecule has 1 aromatic heterocycles. The number of hydrogen-bond acceptors (Lipinski definition) is 6. The number of phosphoric acid groups is 1. The van der Waals surface area contributed by atoms with Crippen molar-refractivity contribution in [3.05, 3.63) is 22.7 Å². The van der Waals surface area contributed by atoms with Crippen LogP contribution in [0.25, 0.3) is 0 Å². The molecule has 0 amide bonds. The number of rotatable bonds is 4. The number of halogens is 2. The lowest BCUT2D eigenvalue weighted by Crippen LogP contribution is -2.37. The Hall–Kier alpha value is -1.39. The van der Waals surface area contributed by atoms with E-state index >= 15 is 0 Å². The van der Waals surface area contributed by atoms with Gasteiger partial charge in [0.2, 0.25) is 0 Å². The standard InChI is InChI=1S/C9H12F2N3O6P/c10-5-3-7(14-2-1-6(12)13-8(14)15)20-9(5,11)4-19-21(16,17)18/h1-2,5,7H,3-4H2,(H2,12,13,15)(H2,16,17,18)/t5-,7+,9+/m0/s1. The molecule has 118 valence electrons. The minimum atomic E-state index is -4.98. The highest BCUT2D eigenvalue weighted by atomic mass is 31.2. The molecule has 0 saturated carbocycles. The Kier molecular flexibility index (Phi) is 4.13. The van der Waals surface area contributed by atoms with Crippen LogP contribution in [0, 0.1) is 0 Å². The molecule has 1 aliphatic rings. The van der Waals surface area contributed by atoms with E-state index in [0.29, 0.717) is 0 Å². The van der Waals surface area contributed by atoms with Crippen LogP contribution in [0.1, 0.15) is 12.6 Å². The van der Waals surface area contributed by atoms with E-state index in [2.05, 4.69) is 9.51 Å². The first-order valence-electron chi connectivity index (χ1n) is 5.66. The fourth-order valence-electron chi connectivity index (χ4n) is 1.81. The lowest BCUT2D eigenvalue weighted by molar-refractivity contribution is -0.193. The summed E-state index contributed by atoms with van der Waals surface area (Å²) in [6, 6.07) is 1.24. The van der Waals surface area contributed by atoms with E-state index in [0.717, 1.165) is 10.8 Å². The molecule has 2 rings (SSSR count). The Labute approximate surface area is 116 Å². The van der Waals surface area contributed by atoms with Gasteiger partial charge in [0.05, 0.1) is 0 Å². The Bertz CT molecular complexity index is 636. The number of hydrogen-bond donors (Lipinski definition) is 3. The molecule has 0 aliphatic carbocycles. The van der Waals surface area contributed by atoms with Crippen LogP contribution in [0.5, 0.6) is 0 Å². The van der Waals surface area contributed by atoms with Gasteiger partial charge in [-0.3, -0.25) is 9.09 Å². The lowest BCUT2D eigenvalue weighted by Gasteiger charge is -2.22. The zero-order valence-corrected chi connectivity index (χ0v) is 11.3. The summed E-state index contributed by atoms with van der Waals surface area (Å²) in [6.45, 7) is -1.31. The van der Waals surface area contributed by atoms with Gasteiger partial charge < -0.3 is 20.3 Å². The minimum Gasteiger partial charge on any atom is -0.383 e. The molecule has 1 aliphatic heterocycles. The molecule has 0 unspecified atom stereocenters. The van der Waals surface area contributed by atoms with E-state index < -0.39 is 44.8 Å². The van der Waals surface area contributed by atoms with Crippen LogP contribution in [-0.4, -0.2) is 38.0 Å². The summed E-state index contributed by atoms with van der Waals surface area (Å²) in [5, 5.41) is 0. The zero-order chi connectivity index (χ0) is 15.8. The first-order chi connectivity index (χ1) is 9.61. The van der Waals surface area contributed by atoms with Gasteiger partial charge in [0, 0.05) is 12.6 Å². The predicted octanol–water partition coefficient (Wildman–Crippen LogP) is -0.142. The Morgan fingerprint density at radius 1 is 1.67 bits per heavy atom. The van der Waals surface area contributed by atoms with Gasteiger partial charge in [0.15, 0.2) is 6.17 Å². The van der Waals surface area contributed by atoms with E-state index in [-0.39, 0.29) is 5.82 Å². The summed E-state index contributed by atoms with van der Waals surface area (Å²) in [4.78, 5) is 31.9. The number of nitrogen functional groups attached to an aromatic ring is 1. The molecule has 0 bridgehead atoms. The number of ether oxygens (including phenoxy) is 1. The van der Waals surface area contributed by atoms with Crippen molar-refractivity contribution >= 4 is 13.6 Å². The first kappa shape index (κ1) is 16.0. The van der Waals surface area contributed by atoms with Gasteiger partial charge in [-0.25, -0.2) is 18.1 Å². The van der Waals surface area contributed by atoms with Crippen LogP contribution in [0.2, 0.25) is 0 Å². The molecule has 1 saturated heterocycles. The average molecular weight is 327 g/mol. The van der Waals surface area contributed by atoms with Crippen LogP contribution >= 0.6 is 7.82 Å². The van der Waals surface area contributed by atoms with Crippen molar-refractivity contribution < 1.29 is 32.4 Å². The maximum Gasteiger partial charge on any atom is 0.469 e. The molecule has 9 nitrogen and oxygen atoms in total. The largest absolute Gasteiger partial charge is 0.469 e. The van der Waals surface area contributed by atoms with Crippen molar-refractivity contribution in [1.82, 2.24) is 9.55 Å². The highest BCUT2D eigenvalue weighted by Gasteiger charge is 2.52. The van der Waals surface area contributed by atoms with Gasteiger partial charge in [-0.2, -0.15) is 4.98 Å². The summed E-state index contributed by atoms with van der Waals surface area (Å²) >= 11 is 0. The fraction of sp³-hybridized carbons (Fsp3) is 0.556. The van der Waals surface area contributed by atoms with E-state index in [1.165, 1.54) is 6.07 Å². The molecule has 0 aromatic carbocycles. The second-order valence-corrected chi connectivity index (χ2v) is 5.61. The molecule has 12 heteroatoms. The number of phosphoric ester groups is 1. The van der Waals surface area contributed by atoms with Gasteiger partial charge >= 0.3 is 13.5 Å². The third-order valence-electron chi connectivity index (χ3n) is 2.80. The molecular weight excluding hydrogens is 315 g/mol. The van der Waals surface area contributed by atoms with Crippen LogP contribution in [0.15, 0.2) is 17.1 Å². The Morgan fingerprint density at radius 2 is 2.33 bits per heavy atom. The summed E-state index contributed by atoms with van der Waals surface area (Å²) < 4.78 is 47.9. The molecule has 0 spiro atoms. The number of anilines is 1. The van der Waals surface area contributed by atoms with E-state index in [1.54, 1.807) is 0 Å². The summed E-state index contributed by atoms with van der Waals surface area (Å²) in [6.07, 6.45) is -2.96. The molecule has 2 heterocycles. The van der Waals surface area contributed by atoms with Crippen molar-refractivity contribution in [2.45, 2.75) is 24.7 Å². The molecule has 21 heavy (non-hydrogen) atoms. The first-order valence-corrected chi connectivity index (χ1v) is 7.19. The Morgan fingerprint density at radius 3 is 2.90 bits per heavy atom. The minimum absolute atomic E-state index is 0.0672. The Balaban J connectivity index is 2.16. The highest BCUT2D eigenvalue weighted by molar-refractivity contribution is 7.46. The normalized spacial score (nSPS) is 29.7. The van der Waals surface area contributed by atoms with Crippen LogP contribution in [0.4, 0.5) is 14.6 Å². The van der Waals surface area contributed by atoms with Crippen molar-refractivity contribution in [1.29, 1.82) is 0 Å². The molecule has 0 radical (unpaired) electrons. The van der Waals surface area contributed by atoms with Gasteiger partial charge in [-0.15, -0.1) is 0 Å². The van der Waals surface area contributed by atoms with E-state index in [1.807, 2.05) is 0 Å². The quantitative estimate of drug-likeness (QED) is 0.650. The molecule has 3 atom stereocenters. The number of alkyl halides is 2. The summed E-state index contributed by atoms with van der Waals surface area (Å²) in [5.74, 6) is -3.14. The van der Waals surface area contributed by atoms with Crippen molar-refractivity contribution in [2.24, 2.45) is 0 Å². The topological polar surface area (TPSA) is 137 Å². The maximum absolute atomic E-state index is 14.2. The fourth-order valence-corrected chi connectivity index (χ4v) is 2.16. The third kappa shape index (κ3) is 3.63. The van der Waals surface area contributed by atoms with Gasteiger partial charge in [-0.1, -0.05) is 0 Å². The average Bonchev–Trinajstić information content (AvgIpc) is 2.63. The predicted molar refractivity (Wildman–Crippen MR) is 64.4 cm³/mol. The second kappa shape index (κ2) is 5.43. The molecule has 1 fully saturated rings. The lowest BCUT2D eigenvalue weighted by atomic mass is 10.2. The van der Waals surface area contributed by atoms with Crippen LogP contribution in [0.3, 0.4) is 0 Å². The smallest absolute Gasteiger partial charge is 0.383 e. The number of nitrogens with two attached hydrogens (primary N) is 1. The summed E-state index contributed by atoms with van der Waals surface area (Å²) in [7, 11) is -4.98. The van der Waals surface area contributed by atoms with Crippen LogP contribution in [-0.2, 0) is 13.8 Å². The van der Waals surface area contributed by atoms with Crippen molar-refractivity contribution in [2.75, 3.05) is 12.3 Å². The van der Waals surface area contributed by atoms with Crippen molar-refractivity contribution in [3.8, 4) is 0 Å². The zero-order valence-electron chi connectivity index (χ0n) is 10.4. The van der Waals surface area contributed by atoms with E-state index in [4.69, 9.17) is 20.3 Å². The van der Waals surface area contributed by atoms with Gasteiger partial charge in [0.25, 0.3) is 5.85 Å². The molecule has 4 N–H and O–H groups in total. The van der Waals surface area contributed by atoms with E-state index in [9.17, 15) is 18.1 Å². The SMILES string of the molecule is Nc1ccn([C@H]2C[C@H](F)[C@@](F)(COP(=O)(O)O)O2)c(=O)n1. The van der Waals surface area contributed by atoms with Crippen molar-refractivity contribution in [3.63, 3.8) is 0 Å². The van der Waals surface area contributed by atoms with Crippen LogP contribution < -0.4 is 11.4 Å². The molecular formula is C9H12F2N3O6P. The molecule has 1 aromatic rings. The summed E-state index contributed by atoms with van der Waals surface area (Å²) in [5.41, 5.74) is 4.41. The number of aromatic nitrogens is 2. The number of nitrogens with zero attached hydrogens (tertiary/aromatic N) is 2. The van der Waals surface area contributed by atoms with Gasteiger partial charge in [-0.05, 0) is 6.07 Å². The monoisotopic (exact) mass is 327 g/mol. The third-order valence-corrected chi connectivity index (χ3v) is 3.27. The second-order valence-electron chi connectivity index (χ2n) is 4.37.